The average Bonchev–Trinajstić information content (AvgIpc) is 2.65. The van der Waals surface area contributed by atoms with E-state index in [0.29, 0.717) is 12.4 Å². The number of rotatable bonds is 10. The molecule has 26 heavy (non-hydrogen) atoms. The fraction of sp³-hybridized carbons (Fsp3) is 0.278. The van der Waals surface area contributed by atoms with E-state index >= 15 is 0 Å². The van der Waals surface area contributed by atoms with Crippen LogP contribution in [0.3, 0.4) is 0 Å². The summed E-state index contributed by atoms with van der Waals surface area (Å²) in [5.74, 6) is 1.09. The van der Waals surface area contributed by atoms with Gasteiger partial charge in [0.15, 0.2) is 12.4 Å². The lowest BCUT2D eigenvalue weighted by atomic mass is 10.3. The molecule has 0 atom stereocenters. The molecule has 8 heteroatoms. The van der Waals surface area contributed by atoms with Crippen molar-refractivity contribution in [3.63, 3.8) is 0 Å². The predicted octanol–water partition coefficient (Wildman–Crippen LogP) is 2.57. The van der Waals surface area contributed by atoms with Gasteiger partial charge in [0, 0.05) is 6.07 Å². The molecule has 2 aromatic rings. The lowest BCUT2D eigenvalue weighted by Crippen LogP contribution is -2.32. The van der Waals surface area contributed by atoms with E-state index in [9.17, 15) is 14.9 Å². The van der Waals surface area contributed by atoms with Gasteiger partial charge in [0.05, 0.1) is 18.1 Å². The van der Waals surface area contributed by atoms with Gasteiger partial charge in [-0.1, -0.05) is 12.1 Å². The van der Waals surface area contributed by atoms with E-state index in [2.05, 4.69) is 5.32 Å². The third-order valence-corrected chi connectivity index (χ3v) is 3.25. The number of nitrogens with zero attached hydrogens (tertiary/aromatic N) is 1. The van der Waals surface area contributed by atoms with E-state index in [1.807, 2.05) is 6.92 Å². The molecule has 0 saturated heterocycles. The molecule has 0 heterocycles. The Kier molecular flexibility index (Phi) is 7.23. The van der Waals surface area contributed by atoms with Crippen LogP contribution in [0.4, 0.5) is 5.69 Å². The number of carbonyl (C=O) groups is 1. The first kappa shape index (κ1) is 19.0. The van der Waals surface area contributed by atoms with Crippen molar-refractivity contribution in [1.29, 1.82) is 0 Å². The van der Waals surface area contributed by atoms with E-state index in [4.69, 9.17) is 14.2 Å². The molecular weight excluding hydrogens is 340 g/mol. The maximum absolute atomic E-state index is 11.7. The summed E-state index contributed by atoms with van der Waals surface area (Å²) in [6.45, 7) is 2.76. The summed E-state index contributed by atoms with van der Waals surface area (Å²) in [6, 6.07) is 13.1. The molecule has 0 aliphatic carbocycles. The van der Waals surface area contributed by atoms with Crippen molar-refractivity contribution >= 4 is 11.6 Å². The summed E-state index contributed by atoms with van der Waals surface area (Å²) in [6.07, 6.45) is 0. The van der Waals surface area contributed by atoms with Crippen molar-refractivity contribution in [3.8, 4) is 17.2 Å². The van der Waals surface area contributed by atoms with Gasteiger partial charge in [-0.2, -0.15) is 0 Å². The van der Waals surface area contributed by atoms with Crippen molar-refractivity contribution in [1.82, 2.24) is 5.32 Å². The molecule has 2 aromatic carbocycles. The molecule has 0 unspecified atom stereocenters. The van der Waals surface area contributed by atoms with Gasteiger partial charge in [0.1, 0.15) is 18.1 Å². The highest BCUT2D eigenvalue weighted by molar-refractivity contribution is 5.77. The number of hydrogen-bond donors (Lipinski definition) is 1. The molecule has 138 valence electrons. The second-order valence-corrected chi connectivity index (χ2v) is 5.12. The summed E-state index contributed by atoms with van der Waals surface area (Å²) in [7, 11) is 0. The topological polar surface area (TPSA) is 99.9 Å². The van der Waals surface area contributed by atoms with Crippen molar-refractivity contribution in [3.05, 3.63) is 58.6 Å². The first-order chi connectivity index (χ1) is 12.6. The Morgan fingerprint density at radius 1 is 1.04 bits per heavy atom. The molecule has 2 rings (SSSR count). The van der Waals surface area contributed by atoms with E-state index in [1.165, 1.54) is 18.2 Å². The lowest BCUT2D eigenvalue weighted by molar-refractivity contribution is -0.385. The second-order valence-electron chi connectivity index (χ2n) is 5.12. The number of amides is 1. The van der Waals surface area contributed by atoms with Crippen LogP contribution in [-0.4, -0.2) is 37.2 Å². The minimum atomic E-state index is -0.558. The van der Waals surface area contributed by atoms with E-state index in [1.54, 1.807) is 30.3 Å². The van der Waals surface area contributed by atoms with E-state index < -0.39 is 10.8 Å². The molecule has 0 saturated carbocycles. The van der Waals surface area contributed by atoms with Crippen LogP contribution in [0.15, 0.2) is 48.5 Å². The number of nitro benzene ring substituents is 1. The molecule has 0 bridgehead atoms. The van der Waals surface area contributed by atoms with Crippen LogP contribution in [0, 0.1) is 10.1 Å². The Hall–Kier alpha value is -3.29. The van der Waals surface area contributed by atoms with Gasteiger partial charge in [-0.15, -0.1) is 0 Å². The normalized spacial score (nSPS) is 10.0. The zero-order chi connectivity index (χ0) is 18.8. The largest absolute Gasteiger partial charge is 0.494 e. The molecule has 0 aliphatic heterocycles. The van der Waals surface area contributed by atoms with Gasteiger partial charge in [-0.3, -0.25) is 14.9 Å². The Morgan fingerprint density at radius 2 is 1.69 bits per heavy atom. The van der Waals surface area contributed by atoms with Crippen LogP contribution in [0.5, 0.6) is 17.2 Å². The molecular formula is C18H20N2O6. The highest BCUT2D eigenvalue weighted by Crippen LogP contribution is 2.25. The van der Waals surface area contributed by atoms with Gasteiger partial charge >= 0.3 is 5.69 Å². The molecule has 0 radical (unpaired) electrons. The smallest absolute Gasteiger partial charge is 0.310 e. The zero-order valence-electron chi connectivity index (χ0n) is 14.3. The quantitative estimate of drug-likeness (QED) is 0.397. The van der Waals surface area contributed by atoms with Crippen molar-refractivity contribution in [2.75, 3.05) is 26.4 Å². The number of benzene rings is 2. The highest BCUT2D eigenvalue weighted by Gasteiger charge is 2.14. The molecule has 1 amide bonds. The maximum Gasteiger partial charge on any atom is 0.310 e. The van der Waals surface area contributed by atoms with Crippen molar-refractivity contribution in [2.24, 2.45) is 0 Å². The van der Waals surface area contributed by atoms with Crippen LogP contribution < -0.4 is 19.5 Å². The van der Waals surface area contributed by atoms with Crippen LogP contribution in [0.25, 0.3) is 0 Å². The van der Waals surface area contributed by atoms with Gasteiger partial charge in [0.25, 0.3) is 5.91 Å². The SMILES string of the molecule is CCOc1ccc(OCCNC(=O)COc2ccccc2[N+](=O)[O-])cc1. The third kappa shape index (κ3) is 5.97. The van der Waals surface area contributed by atoms with Gasteiger partial charge in [-0.05, 0) is 37.3 Å². The Balaban J connectivity index is 1.68. The first-order valence-electron chi connectivity index (χ1n) is 8.08. The van der Waals surface area contributed by atoms with Crippen LogP contribution >= 0.6 is 0 Å². The van der Waals surface area contributed by atoms with Gasteiger partial charge in [-0.25, -0.2) is 0 Å². The minimum absolute atomic E-state index is 0.0540. The monoisotopic (exact) mass is 360 g/mol. The summed E-state index contributed by atoms with van der Waals surface area (Å²) in [4.78, 5) is 22.1. The van der Waals surface area contributed by atoms with E-state index in [0.717, 1.165) is 5.75 Å². The van der Waals surface area contributed by atoms with Crippen LogP contribution in [-0.2, 0) is 4.79 Å². The van der Waals surface area contributed by atoms with Crippen LogP contribution in [0.2, 0.25) is 0 Å². The number of para-hydroxylation sites is 2. The molecule has 0 aliphatic rings. The van der Waals surface area contributed by atoms with Gasteiger partial charge in [0.2, 0.25) is 0 Å². The number of hydrogen-bond acceptors (Lipinski definition) is 6. The van der Waals surface area contributed by atoms with E-state index in [-0.39, 0.29) is 31.2 Å². The van der Waals surface area contributed by atoms with Crippen LogP contribution in [0.1, 0.15) is 6.92 Å². The van der Waals surface area contributed by atoms with Gasteiger partial charge < -0.3 is 19.5 Å². The minimum Gasteiger partial charge on any atom is -0.494 e. The molecule has 1 N–H and O–H groups in total. The van der Waals surface area contributed by atoms with Crippen molar-refractivity contribution < 1.29 is 23.9 Å². The molecule has 0 spiro atoms. The average molecular weight is 360 g/mol. The fourth-order valence-electron chi connectivity index (χ4n) is 2.08. The maximum atomic E-state index is 11.7. The second kappa shape index (κ2) is 9.87. The fourth-order valence-corrected chi connectivity index (χ4v) is 2.08. The predicted molar refractivity (Wildman–Crippen MR) is 94.7 cm³/mol. The highest BCUT2D eigenvalue weighted by atomic mass is 16.6. The lowest BCUT2D eigenvalue weighted by Gasteiger charge is -2.09. The molecule has 0 aromatic heterocycles. The summed E-state index contributed by atoms with van der Waals surface area (Å²) in [5, 5.41) is 13.5. The number of ether oxygens (including phenoxy) is 3. The van der Waals surface area contributed by atoms with Crippen molar-refractivity contribution in [2.45, 2.75) is 6.92 Å². The molecule has 0 fully saturated rings. The standard InChI is InChI=1S/C18H20N2O6/c1-2-24-14-7-9-15(10-8-14)25-12-11-19-18(21)13-26-17-6-4-3-5-16(17)20(22)23/h3-10H,2,11-13H2,1H3,(H,19,21). The Morgan fingerprint density at radius 3 is 2.35 bits per heavy atom. The first-order valence-corrected chi connectivity index (χ1v) is 8.08. The Labute approximate surface area is 150 Å². The summed E-state index contributed by atoms with van der Waals surface area (Å²) < 4.78 is 16.0. The number of nitrogens with one attached hydrogen (secondary N) is 1. The molecule has 8 nitrogen and oxygen atoms in total. The number of carbonyl (C=O) groups excluding carboxylic acids is 1. The summed E-state index contributed by atoms with van der Waals surface area (Å²) >= 11 is 0. The number of nitro groups is 1. The third-order valence-electron chi connectivity index (χ3n) is 3.25. The Bertz CT molecular complexity index is 733. The summed E-state index contributed by atoms with van der Waals surface area (Å²) in [5.41, 5.74) is -0.181. The zero-order valence-corrected chi connectivity index (χ0v) is 14.3.